The van der Waals surface area contributed by atoms with Crippen molar-refractivity contribution in [3.05, 3.63) is 15.5 Å². The van der Waals surface area contributed by atoms with Gasteiger partial charge < -0.3 is 25.2 Å². The van der Waals surface area contributed by atoms with Gasteiger partial charge in [0.1, 0.15) is 10.9 Å². The summed E-state index contributed by atoms with van der Waals surface area (Å²) in [5.74, 6) is -0.911. The molecule has 1 spiro atoms. The second-order valence-electron chi connectivity index (χ2n) is 13.2. The number of likely N-dealkylation sites (N-methyl/N-ethyl adjacent to an activating group) is 1. The Morgan fingerprint density at radius 1 is 1.12 bits per heavy atom. The third kappa shape index (κ3) is 6.13. The van der Waals surface area contributed by atoms with Crippen LogP contribution in [-0.2, 0) is 19.1 Å². The van der Waals surface area contributed by atoms with Crippen LogP contribution in [0.2, 0.25) is 5.15 Å². The Hall–Kier alpha value is -2.24. The lowest BCUT2D eigenvalue weighted by atomic mass is 9.70. The minimum Gasteiger partial charge on any atom is -0.376 e. The van der Waals surface area contributed by atoms with Crippen LogP contribution in [0.5, 0.6) is 0 Å². The van der Waals surface area contributed by atoms with Gasteiger partial charge in [0.15, 0.2) is 5.15 Å². The highest BCUT2D eigenvalue weighted by Crippen LogP contribution is 2.54. The monoisotopic (exact) mass is 607 g/mol. The molecule has 4 fully saturated rings. The van der Waals surface area contributed by atoms with Gasteiger partial charge in [0.25, 0.3) is 5.91 Å². The normalized spacial score (nSPS) is 26.3. The first kappa shape index (κ1) is 30.2. The van der Waals surface area contributed by atoms with Gasteiger partial charge in [-0.15, -0.1) is 11.3 Å². The highest BCUT2D eigenvalue weighted by Gasteiger charge is 2.62. The van der Waals surface area contributed by atoms with Crippen LogP contribution in [0, 0.1) is 28.6 Å². The zero-order valence-corrected chi connectivity index (χ0v) is 26.0. The summed E-state index contributed by atoms with van der Waals surface area (Å²) < 4.78 is 6.13. The molecule has 2 saturated carbocycles. The average molecular weight is 608 g/mol. The molecule has 3 heterocycles. The van der Waals surface area contributed by atoms with Gasteiger partial charge in [-0.05, 0) is 37.5 Å². The van der Waals surface area contributed by atoms with Crippen molar-refractivity contribution in [2.24, 2.45) is 28.6 Å². The number of thiazole rings is 1. The first-order chi connectivity index (χ1) is 19.5. The Bertz CT molecular complexity index is 1180. The van der Waals surface area contributed by atoms with Crippen LogP contribution in [0.1, 0.15) is 69.0 Å². The standard InChI is InChI=1S/C29H42ClN5O5S/c1-17(40-12-18-8-6-5-7-9-18)21(25(37)31-4)33-24(36)20-11-34(27(39)22-23(30)32-16-41-22)13-29(20)14-35(15-29)26(38)19-10-28(19,2)3/h16-21H,5-15H2,1-4H3,(H,31,37)(H,33,36)/t17-,19-,20-,21+/m1/s1. The topological polar surface area (TPSA) is 121 Å². The smallest absolute Gasteiger partial charge is 0.267 e. The Morgan fingerprint density at radius 3 is 2.37 bits per heavy atom. The molecule has 10 nitrogen and oxygen atoms in total. The first-order valence-electron chi connectivity index (χ1n) is 14.8. The Morgan fingerprint density at radius 2 is 1.78 bits per heavy atom. The fraction of sp³-hybridized carbons (Fsp3) is 0.759. The van der Waals surface area contributed by atoms with E-state index in [0.717, 1.165) is 19.3 Å². The van der Waals surface area contributed by atoms with Gasteiger partial charge in [0.2, 0.25) is 17.7 Å². The molecule has 1 aromatic heterocycles. The third-order valence-electron chi connectivity index (χ3n) is 9.72. The number of amides is 4. The van der Waals surface area contributed by atoms with Gasteiger partial charge in [-0.3, -0.25) is 19.2 Å². The summed E-state index contributed by atoms with van der Waals surface area (Å²) in [4.78, 5) is 61.1. The molecule has 4 aliphatic rings. The maximum Gasteiger partial charge on any atom is 0.267 e. The molecule has 4 amide bonds. The van der Waals surface area contributed by atoms with Gasteiger partial charge in [-0.1, -0.05) is 44.7 Å². The van der Waals surface area contributed by atoms with Gasteiger partial charge in [0, 0.05) is 51.2 Å². The number of nitrogens with one attached hydrogen (secondary N) is 2. The van der Waals surface area contributed by atoms with Gasteiger partial charge in [0.05, 0.1) is 17.5 Å². The van der Waals surface area contributed by atoms with E-state index >= 15 is 0 Å². The van der Waals surface area contributed by atoms with E-state index in [0.29, 0.717) is 37.0 Å². The Labute approximate surface area is 250 Å². The van der Waals surface area contributed by atoms with Gasteiger partial charge >= 0.3 is 0 Å². The average Bonchev–Trinajstić information content (AvgIpc) is 3.24. The number of carbonyl (C=O) groups is 4. The van der Waals surface area contributed by atoms with Crippen molar-refractivity contribution in [2.75, 3.05) is 39.8 Å². The lowest BCUT2D eigenvalue weighted by Gasteiger charge is -2.50. The number of likely N-dealkylation sites (tertiary alicyclic amines) is 2. The van der Waals surface area contributed by atoms with E-state index in [4.69, 9.17) is 16.3 Å². The van der Waals surface area contributed by atoms with Crippen LogP contribution in [0.3, 0.4) is 0 Å². The summed E-state index contributed by atoms with van der Waals surface area (Å²) in [5.41, 5.74) is 0.937. The summed E-state index contributed by atoms with van der Waals surface area (Å²) in [5, 5.41) is 5.77. The zero-order chi connectivity index (χ0) is 29.5. The molecule has 41 heavy (non-hydrogen) atoms. The van der Waals surface area contributed by atoms with E-state index in [-0.39, 0.29) is 46.7 Å². The van der Waals surface area contributed by atoms with Gasteiger partial charge in [-0.2, -0.15) is 0 Å². The third-order valence-corrected chi connectivity index (χ3v) is 10.9. The molecule has 4 atom stereocenters. The molecular weight excluding hydrogens is 566 g/mol. The van der Waals surface area contributed by atoms with Crippen LogP contribution >= 0.6 is 22.9 Å². The molecular formula is C29H42ClN5O5S. The largest absolute Gasteiger partial charge is 0.376 e. The molecule has 12 heteroatoms. The highest BCUT2D eigenvalue weighted by molar-refractivity contribution is 7.12. The SMILES string of the molecule is CNC(=O)[C@@H](NC(=O)[C@H]1CN(C(=O)c2scnc2Cl)CC12CN(C(=O)[C@H]1CC1(C)C)C2)[C@@H](C)OCC1CCCCC1. The van der Waals surface area contributed by atoms with Crippen molar-refractivity contribution in [3.8, 4) is 0 Å². The van der Waals surface area contributed by atoms with Crippen molar-refractivity contribution in [3.63, 3.8) is 0 Å². The maximum atomic E-state index is 13.9. The van der Waals surface area contributed by atoms with Crippen molar-refractivity contribution < 1.29 is 23.9 Å². The predicted octanol–water partition coefficient (Wildman–Crippen LogP) is 2.96. The molecule has 226 valence electrons. The van der Waals surface area contributed by atoms with Gasteiger partial charge in [-0.25, -0.2) is 4.98 Å². The molecule has 0 unspecified atom stereocenters. The number of nitrogens with zero attached hydrogens (tertiary/aromatic N) is 3. The highest BCUT2D eigenvalue weighted by atomic mass is 35.5. The number of halogens is 1. The lowest BCUT2D eigenvalue weighted by Crippen LogP contribution is -2.65. The van der Waals surface area contributed by atoms with E-state index in [1.54, 1.807) is 11.9 Å². The van der Waals surface area contributed by atoms with Crippen molar-refractivity contribution in [2.45, 2.75) is 71.4 Å². The van der Waals surface area contributed by atoms with E-state index in [2.05, 4.69) is 29.5 Å². The van der Waals surface area contributed by atoms with Crippen molar-refractivity contribution in [1.82, 2.24) is 25.4 Å². The molecule has 5 rings (SSSR count). The summed E-state index contributed by atoms with van der Waals surface area (Å²) in [6.07, 6.45) is 6.22. The van der Waals surface area contributed by atoms with E-state index in [9.17, 15) is 19.2 Å². The maximum absolute atomic E-state index is 13.9. The quantitative estimate of drug-likeness (QED) is 0.445. The number of carbonyl (C=O) groups excluding carboxylic acids is 4. The van der Waals surface area contributed by atoms with E-state index in [1.807, 2.05) is 11.8 Å². The zero-order valence-electron chi connectivity index (χ0n) is 24.4. The summed E-state index contributed by atoms with van der Waals surface area (Å²) in [7, 11) is 1.54. The van der Waals surface area contributed by atoms with Crippen LogP contribution < -0.4 is 10.6 Å². The van der Waals surface area contributed by atoms with Crippen LogP contribution in [0.4, 0.5) is 0 Å². The van der Waals surface area contributed by atoms with E-state index in [1.165, 1.54) is 36.1 Å². The molecule has 2 N–H and O–H groups in total. The van der Waals surface area contributed by atoms with Crippen LogP contribution in [0.15, 0.2) is 5.51 Å². The molecule has 2 aliphatic heterocycles. The fourth-order valence-corrected chi connectivity index (χ4v) is 7.81. The minimum absolute atomic E-state index is 0.00191. The second kappa shape index (κ2) is 11.8. The summed E-state index contributed by atoms with van der Waals surface area (Å²) in [6.45, 7) is 7.85. The van der Waals surface area contributed by atoms with Crippen LogP contribution in [-0.4, -0.2) is 90.4 Å². The second-order valence-corrected chi connectivity index (χ2v) is 14.4. The first-order valence-corrected chi connectivity index (χ1v) is 16.0. The molecule has 2 aliphatic carbocycles. The molecule has 2 saturated heterocycles. The number of hydrogen-bond acceptors (Lipinski definition) is 7. The molecule has 1 aromatic rings. The Kier molecular flexibility index (Phi) is 8.70. The van der Waals surface area contributed by atoms with Crippen molar-refractivity contribution >= 4 is 46.6 Å². The molecule has 0 radical (unpaired) electrons. The number of rotatable bonds is 9. The lowest BCUT2D eigenvalue weighted by molar-refractivity contribution is -0.152. The number of aromatic nitrogens is 1. The van der Waals surface area contributed by atoms with E-state index < -0.39 is 23.5 Å². The molecule has 0 aromatic carbocycles. The number of hydrogen-bond donors (Lipinski definition) is 2. The van der Waals surface area contributed by atoms with Crippen LogP contribution in [0.25, 0.3) is 0 Å². The summed E-state index contributed by atoms with van der Waals surface area (Å²) in [6, 6.07) is -0.876. The van der Waals surface area contributed by atoms with Crippen molar-refractivity contribution in [1.29, 1.82) is 0 Å². The predicted molar refractivity (Wildman–Crippen MR) is 155 cm³/mol. The fourth-order valence-electron chi connectivity index (χ4n) is 6.84. The Balaban J connectivity index is 1.30. The number of ether oxygens (including phenoxy) is 1. The minimum atomic E-state index is -0.876. The molecule has 0 bridgehead atoms. The summed E-state index contributed by atoms with van der Waals surface area (Å²) >= 11 is 7.33.